The molecule has 1 fully saturated rings. The van der Waals surface area contributed by atoms with Gasteiger partial charge < -0.3 is 4.74 Å². The van der Waals surface area contributed by atoms with E-state index in [1.165, 1.54) is 0 Å². The number of hydrogen-bond acceptors (Lipinski definition) is 4. The predicted molar refractivity (Wildman–Crippen MR) is 83.9 cm³/mol. The Morgan fingerprint density at radius 1 is 1.33 bits per heavy atom. The van der Waals surface area contributed by atoms with E-state index in [2.05, 4.69) is 23.3 Å². The highest BCUT2D eigenvalue weighted by Crippen LogP contribution is 2.24. The lowest BCUT2D eigenvalue weighted by Gasteiger charge is -2.37. The van der Waals surface area contributed by atoms with Crippen LogP contribution in [0.2, 0.25) is 0 Å². The molecule has 1 aromatic carbocycles. The summed E-state index contributed by atoms with van der Waals surface area (Å²) in [6.07, 6.45) is 2.08. The van der Waals surface area contributed by atoms with E-state index in [0.717, 1.165) is 38.2 Å². The quantitative estimate of drug-likeness (QED) is 0.871. The Labute approximate surface area is 127 Å². The molecule has 1 heterocycles. The number of ether oxygens (including phenoxy) is 1. The number of nitrogens with one attached hydrogen (secondary N) is 1. The molecule has 0 amide bonds. The first-order valence-electron chi connectivity index (χ1n) is 7.71. The minimum Gasteiger partial charge on any atom is -0.381 e. The topological polar surface area (TPSA) is 48.3 Å². The zero-order valence-corrected chi connectivity index (χ0v) is 13.0. The van der Waals surface area contributed by atoms with Crippen molar-refractivity contribution in [3.05, 3.63) is 35.9 Å². The van der Waals surface area contributed by atoms with Crippen molar-refractivity contribution >= 4 is 0 Å². The molecular weight excluding hydrogens is 262 g/mol. The summed E-state index contributed by atoms with van der Waals surface area (Å²) < 4.78 is 5.43. The summed E-state index contributed by atoms with van der Waals surface area (Å²) in [4.78, 5) is 2.31. The summed E-state index contributed by atoms with van der Waals surface area (Å²) in [6, 6.07) is 13.0. The Morgan fingerprint density at radius 3 is 2.57 bits per heavy atom. The number of nitriles is 1. The van der Waals surface area contributed by atoms with Crippen LogP contribution in [-0.2, 0) is 10.3 Å². The third kappa shape index (κ3) is 3.82. The van der Waals surface area contributed by atoms with Gasteiger partial charge in [0.2, 0.25) is 0 Å². The van der Waals surface area contributed by atoms with Gasteiger partial charge in [-0.1, -0.05) is 37.3 Å². The first-order valence-corrected chi connectivity index (χ1v) is 7.71. The van der Waals surface area contributed by atoms with Crippen molar-refractivity contribution in [2.24, 2.45) is 0 Å². The number of nitrogens with zero attached hydrogens (tertiary/aromatic N) is 2. The Hall–Kier alpha value is -1.41. The fourth-order valence-corrected chi connectivity index (χ4v) is 3.04. The minimum atomic E-state index is -0.650. The lowest BCUT2D eigenvalue weighted by Crippen LogP contribution is -2.52. The van der Waals surface area contributed by atoms with Gasteiger partial charge in [0.05, 0.1) is 6.07 Å². The van der Waals surface area contributed by atoms with Crippen molar-refractivity contribution in [3.8, 4) is 6.07 Å². The van der Waals surface area contributed by atoms with E-state index in [-0.39, 0.29) is 0 Å². The first-order chi connectivity index (χ1) is 10.2. The average Bonchev–Trinajstić information content (AvgIpc) is 2.56. The number of rotatable bonds is 6. The molecule has 2 rings (SSSR count). The summed E-state index contributed by atoms with van der Waals surface area (Å²) in [5.41, 5.74) is 0.386. The Kier molecular flexibility index (Phi) is 5.75. The van der Waals surface area contributed by atoms with E-state index >= 15 is 0 Å². The Bertz CT molecular complexity index is 465. The maximum atomic E-state index is 9.84. The zero-order chi connectivity index (χ0) is 15.1. The van der Waals surface area contributed by atoms with Crippen LogP contribution < -0.4 is 5.32 Å². The monoisotopic (exact) mass is 287 g/mol. The summed E-state index contributed by atoms with van der Waals surface area (Å²) in [5, 5.41) is 13.2. The van der Waals surface area contributed by atoms with Gasteiger partial charge in [-0.25, -0.2) is 0 Å². The zero-order valence-electron chi connectivity index (χ0n) is 13.0. The van der Waals surface area contributed by atoms with Crippen molar-refractivity contribution in [1.29, 1.82) is 5.26 Å². The van der Waals surface area contributed by atoms with Crippen LogP contribution in [0.15, 0.2) is 30.3 Å². The van der Waals surface area contributed by atoms with Gasteiger partial charge in [-0.2, -0.15) is 5.26 Å². The fraction of sp³-hybridized carbons (Fsp3) is 0.588. The molecule has 21 heavy (non-hydrogen) atoms. The van der Waals surface area contributed by atoms with E-state index in [0.29, 0.717) is 12.6 Å². The van der Waals surface area contributed by atoms with Gasteiger partial charge in [0.15, 0.2) is 0 Å². The van der Waals surface area contributed by atoms with Crippen LogP contribution in [0.4, 0.5) is 0 Å². The molecule has 0 aliphatic carbocycles. The molecule has 1 aliphatic rings. The van der Waals surface area contributed by atoms with E-state index in [1.807, 2.05) is 37.3 Å². The van der Waals surface area contributed by atoms with Crippen molar-refractivity contribution in [3.63, 3.8) is 0 Å². The van der Waals surface area contributed by atoms with Gasteiger partial charge in [-0.05, 0) is 32.0 Å². The molecule has 0 radical (unpaired) electrons. The third-order valence-corrected chi connectivity index (χ3v) is 4.24. The number of hydrogen-bond donors (Lipinski definition) is 1. The van der Waals surface area contributed by atoms with Crippen LogP contribution in [0.5, 0.6) is 0 Å². The molecule has 0 spiro atoms. The summed E-state index contributed by atoms with van der Waals surface area (Å²) in [5.74, 6) is 0. The normalized spacial score (nSPS) is 19.1. The second kappa shape index (κ2) is 7.56. The lowest BCUT2D eigenvalue weighted by atomic mass is 9.89. The van der Waals surface area contributed by atoms with Crippen LogP contribution in [0, 0.1) is 11.3 Å². The van der Waals surface area contributed by atoms with Gasteiger partial charge in [0.25, 0.3) is 0 Å². The predicted octanol–water partition coefficient (Wildman–Crippen LogP) is 2.13. The smallest absolute Gasteiger partial charge is 0.145 e. The van der Waals surface area contributed by atoms with Gasteiger partial charge >= 0.3 is 0 Å². The van der Waals surface area contributed by atoms with E-state index < -0.39 is 5.54 Å². The third-order valence-electron chi connectivity index (χ3n) is 4.24. The molecule has 1 aromatic rings. The molecule has 1 saturated heterocycles. The van der Waals surface area contributed by atoms with Crippen LogP contribution in [-0.4, -0.2) is 44.3 Å². The number of benzene rings is 1. The second-order valence-electron chi connectivity index (χ2n) is 5.67. The SMILES string of the molecule is CCNC(C#N)(CN(C)C1CCOCC1)c1ccccc1. The summed E-state index contributed by atoms with van der Waals surface area (Å²) in [6.45, 7) is 5.14. The fourth-order valence-electron chi connectivity index (χ4n) is 3.04. The molecule has 1 unspecified atom stereocenters. The molecule has 0 bridgehead atoms. The largest absolute Gasteiger partial charge is 0.381 e. The molecular formula is C17H25N3O. The summed E-state index contributed by atoms with van der Waals surface area (Å²) in [7, 11) is 2.11. The van der Waals surface area contributed by atoms with Crippen molar-refractivity contribution < 1.29 is 4.74 Å². The molecule has 1 atom stereocenters. The van der Waals surface area contributed by atoms with Gasteiger partial charge in [0.1, 0.15) is 5.54 Å². The van der Waals surface area contributed by atoms with Gasteiger partial charge in [-0.15, -0.1) is 0 Å². The van der Waals surface area contributed by atoms with Crippen LogP contribution >= 0.6 is 0 Å². The second-order valence-corrected chi connectivity index (χ2v) is 5.67. The van der Waals surface area contributed by atoms with Crippen LogP contribution in [0.1, 0.15) is 25.3 Å². The summed E-state index contributed by atoms with van der Waals surface area (Å²) >= 11 is 0. The molecule has 1 aliphatic heterocycles. The molecule has 0 aromatic heterocycles. The molecule has 4 heteroatoms. The van der Waals surface area contributed by atoms with Crippen molar-refractivity contribution in [1.82, 2.24) is 10.2 Å². The van der Waals surface area contributed by atoms with Crippen LogP contribution in [0.25, 0.3) is 0 Å². The average molecular weight is 287 g/mol. The van der Waals surface area contributed by atoms with Crippen LogP contribution in [0.3, 0.4) is 0 Å². The molecule has 0 saturated carbocycles. The van der Waals surface area contributed by atoms with E-state index in [9.17, 15) is 5.26 Å². The molecule has 1 N–H and O–H groups in total. The van der Waals surface area contributed by atoms with Crippen molar-refractivity contribution in [2.75, 3.05) is 33.4 Å². The Balaban J connectivity index is 2.18. The van der Waals surface area contributed by atoms with E-state index in [1.54, 1.807) is 0 Å². The Morgan fingerprint density at radius 2 is 2.00 bits per heavy atom. The number of likely N-dealkylation sites (N-methyl/N-ethyl adjacent to an activating group) is 2. The highest BCUT2D eigenvalue weighted by molar-refractivity contribution is 5.32. The minimum absolute atomic E-state index is 0.494. The highest BCUT2D eigenvalue weighted by atomic mass is 16.5. The first kappa shape index (κ1) is 16.0. The van der Waals surface area contributed by atoms with Crippen molar-refractivity contribution in [2.45, 2.75) is 31.3 Å². The molecule has 4 nitrogen and oxygen atoms in total. The van der Waals surface area contributed by atoms with Gasteiger partial charge in [0, 0.05) is 25.8 Å². The maximum absolute atomic E-state index is 9.84. The lowest BCUT2D eigenvalue weighted by molar-refractivity contribution is 0.0367. The van der Waals surface area contributed by atoms with E-state index in [4.69, 9.17) is 4.74 Å². The maximum Gasteiger partial charge on any atom is 0.145 e. The van der Waals surface area contributed by atoms with Gasteiger partial charge in [-0.3, -0.25) is 10.2 Å². The standard InChI is InChI=1S/C17H25N3O/c1-3-19-17(13-18,15-7-5-4-6-8-15)14-20(2)16-9-11-21-12-10-16/h4-8,16,19H,3,9-12,14H2,1-2H3. The highest BCUT2D eigenvalue weighted by Gasteiger charge is 2.34. The molecule has 114 valence electrons.